The van der Waals surface area contributed by atoms with Crippen LogP contribution in [0.15, 0.2) is 35.7 Å². The molecule has 2 aromatic rings. The van der Waals surface area contributed by atoms with E-state index in [9.17, 15) is 9.90 Å². The fourth-order valence-corrected chi connectivity index (χ4v) is 5.11. The van der Waals surface area contributed by atoms with E-state index in [0.29, 0.717) is 32.0 Å². The lowest BCUT2D eigenvalue weighted by Crippen LogP contribution is -2.48. The van der Waals surface area contributed by atoms with E-state index in [-0.39, 0.29) is 31.7 Å². The number of aliphatic hydroxyl groups is 1. The van der Waals surface area contributed by atoms with E-state index >= 15 is 0 Å². The van der Waals surface area contributed by atoms with Gasteiger partial charge in [-0.15, -0.1) is 17.8 Å². The van der Waals surface area contributed by atoms with Crippen molar-refractivity contribution in [2.45, 2.75) is 31.9 Å². The fraction of sp³-hybridized carbons (Fsp3) is 0.500. The second-order valence-electron chi connectivity index (χ2n) is 8.25. The third-order valence-electron chi connectivity index (χ3n) is 5.73. The Morgan fingerprint density at radius 3 is 2.97 bits per heavy atom. The molecular weight excluding hydrogens is 452 g/mol. The lowest BCUT2D eigenvalue weighted by molar-refractivity contribution is -0.136. The van der Waals surface area contributed by atoms with E-state index in [0.717, 1.165) is 24.2 Å². The molecule has 1 N–H and O–H groups in total. The van der Waals surface area contributed by atoms with Crippen LogP contribution in [0.2, 0.25) is 0 Å². The molecule has 0 saturated carbocycles. The van der Waals surface area contributed by atoms with Crippen LogP contribution >= 0.6 is 11.3 Å². The number of benzene rings is 1. The molecule has 1 aliphatic heterocycles. The summed E-state index contributed by atoms with van der Waals surface area (Å²) in [5, 5.41) is 12.4. The molecule has 0 aliphatic carbocycles. The topological polar surface area (TPSA) is 71.5 Å². The molecule has 0 spiro atoms. The van der Waals surface area contributed by atoms with Gasteiger partial charge in [-0.2, -0.15) is 0 Å². The Morgan fingerprint density at radius 1 is 1.38 bits per heavy atom. The van der Waals surface area contributed by atoms with Gasteiger partial charge in [0, 0.05) is 24.0 Å². The number of nitrogens with zero attached hydrogens (tertiary/aromatic N) is 2. The second-order valence-corrected chi connectivity index (χ2v) is 9.25. The number of ether oxygens (including phenoxy) is 3. The quantitative estimate of drug-likeness (QED) is 0.347. The number of terminal acetylenes is 1. The average molecular weight is 487 g/mol. The smallest absolute Gasteiger partial charge is 0.237 e. The third-order valence-corrected chi connectivity index (χ3v) is 6.72. The van der Waals surface area contributed by atoms with Gasteiger partial charge in [0.25, 0.3) is 0 Å². The van der Waals surface area contributed by atoms with Gasteiger partial charge in [-0.05, 0) is 48.5 Å². The van der Waals surface area contributed by atoms with E-state index in [2.05, 4.69) is 24.3 Å². The summed E-state index contributed by atoms with van der Waals surface area (Å²) >= 11 is 1.73. The first-order valence-corrected chi connectivity index (χ1v) is 12.5. The minimum absolute atomic E-state index is 0.0290. The van der Waals surface area contributed by atoms with Gasteiger partial charge >= 0.3 is 0 Å². The molecule has 3 rings (SSSR count). The van der Waals surface area contributed by atoms with Crippen LogP contribution in [0.1, 0.15) is 29.8 Å². The summed E-state index contributed by atoms with van der Waals surface area (Å²) in [6, 6.07) is 9.41. The molecule has 0 bridgehead atoms. The normalized spacial score (nSPS) is 16.1. The van der Waals surface area contributed by atoms with Crippen LogP contribution in [0.4, 0.5) is 0 Å². The van der Waals surface area contributed by atoms with Gasteiger partial charge in [0.2, 0.25) is 5.91 Å². The Hall–Kier alpha value is -2.57. The van der Waals surface area contributed by atoms with Gasteiger partial charge in [-0.3, -0.25) is 9.69 Å². The first-order chi connectivity index (χ1) is 16.5. The molecule has 0 radical (unpaired) electrons. The van der Waals surface area contributed by atoms with Crippen LogP contribution in [0.3, 0.4) is 0 Å². The number of fused-ring (bicyclic) bond motifs is 1. The summed E-state index contributed by atoms with van der Waals surface area (Å²) in [6.07, 6.45) is 6.21. The van der Waals surface area contributed by atoms with Gasteiger partial charge < -0.3 is 24.2 Å². The Kier molecular flexibility index (Phi) is 10.2. The fourth-order valence-electron chi connectivity index (χ4n) is 4.18. The van der Waals surface area contributed by atoms with E-state index in [4.69, 9.17) is 20.6 Å². The predicted molar refractivity (Wildman–Crippen MR) is 133 cm³/mol. The molecule has 0 fully saturated rings. The molecule has 184 valence electrons. The van der Waals surface area contributed by atoms with E-state index in [1.807, 2.05) is 34.1 Å². The van der Waals surface area contributed by atoms with Gasteiger partial charge in [-0.1, -0.05) is 18.9 Å². The molecule has 0 unspecified atom stereocenters. The monoisotopic (exact) mass is 486 g/mol. The summed E-state index contributed by atoms with van der Waals surface area (Å²) < 4.78 is 16.7. The number of rotatable bonds is 13. The highest BCUT2D eigenvalue weighted by Crippen LogP contribution is 2.34. The van der Waals surface area contributed by atoms with Crippen LogP contribution in [0, 0.1) is 12.3 Å². The van der Waals surface area contributed by atoms with Gasteiger partial charge in [0.05, 0.1) is 32.4 Å². The van der Waals surface area contributed by atoms with Crippen LogP contribution in [0.5, 0.6) is 11.5 Å². The highest BCUT2D eigenvalue weighted by atomic mass is 32.1. The van der Waals surface area contributed by atoms with Crippen molar-refractivity contribution in [2.75, 3.05) is 53.1 Å². The Labute approximate surface area is 206 Å². The maximum absolute atomic E-state index is 13.5. The van der Waals surface area contributed by atoms with E-state index in [1.54, 1.807) is 18.4 Å². The van der Waals surface area contributed by atoms with Crippen LogP contribution in [0.25, 0.3) is 0 Å². The maximum atomic E-state index is 13.5. The van der Waals surface area contributed by atoms with Crippen molar-refractivity contribution in [1.29, 1.82) is 0 Å². The molecule has 1 aliphatic rings. The number of methoxy groups -OCH3 is 1. The molecule has 7 nitrogen and oxygen atoms in total. The molecule has 2 atom stereocenters. The first kappa shape index (κ1) is 26.0. The van der Waals surface area contributed by atoms with Gasteiger partial charge in [0.15, 0.2) is 0 Å². The number of carbonyl (C=O) groups is 1. The maximum Gasteiger partial charge on any atom is 0.237 e. The largest absolute Gasteiger partial charge is 0.497 e. The minimum Gasteiger partial charge on any atom is -0.497 e. The van der Waals surface area contributed by atoms with Crippen molar-refractivity contribution in [3.8, 4) is 23.8 Å². The summed E-state index contributed by atoms with van der Waals surface area (Å²) in [6.45, 7) is 4.67. The standard InChI is InChI=1S/C26H34N2O5S/c1-4-11-27(16-20(29)18-32-13-5-2)17-26(30)28-12-9-25-23(10-14-34-25)24(28)19-33-22-8-6-7-21(15-22)31-3/h2,6-8,10,14-15,20,24,29H,4,9,11-13,16-19H2,1,3H3/t20-,24-/m0/s1. The number of amides is 1. The summed E-state index contributed by atoms with van der Waals surface area (Å²) in [5.41, 5.74) is 1.15. The zero-order chi connectivity index (χ0) is 24.3. The Balaban J connectivity index is 1.68. The SMILES string of the molecule is C#CCOC[C@@H](O)CN(CCC)CC(=O)N1CCc2sccc2[C@@H]1COc1cccc(OC)c1. The van der Waals surface area contributed by atoms with Crippen molar-refractivity contribution in [3.63, 3.8) is 0 Å². The van der Waals surface area contributed by atoms with Crippen molar-refractivity contribution < 1.29 is 24.1 Å². The van der Waals surface area contributed by atoms with Crippen LogP contribution in [-0.4, -0.2) is 80.0 Å². The third kappa shape index (κ3) is 7.21. The molecule has 1 aromatic carbocycles. The number of thiophene rings is 1. The van der Waals surface area contributed by atoms with Crippen molar-refractivity contribution in [3.05, 3.63) is 46.2 Å². The highest BCUT2D eigenvalue weighted by Gasteiger charge is 2.33. The number of aliphatic hydroxyl groups excluding tert-OH is 1. The summed E-state index contributed by atoms with van der Waals surface area (Å²) in [5.74, 6) is 3.85. The summed E-state index contributed by atoms with van der Waals surface area (Å²) in [4.78, 5) is 18.6. The number of hydrogen-bond acceptors (Lipinski definition) is 7. The second kappa shape index (κ2) is 13.4. The molecule has 1 aromatic heterocycles. The highest BCUT2D eigenvalue weighted by molar-refractivity contribution is 7.10. The predicted octanol–water partition coefficient (Wildman–Crippen LogP) is 2.98. The van der Waals surface area contributed by atoms with Crippen molar-refractivity contribution in [2.24, 2.45) is 0 Å². The number of carbonyl (C=O) groups excluding carboxylic acids is 1. The molecule has 34 heavy (non-hydrogen) atoms. The minimum atomic E-state index is -0.704. The Bertz CT molecular complexity index is 957. The summed E-state index contributed by atoms with van der Waals surface area (Å²) in [7, 11) is 1.62. The Morgan fingerprint density at radius 2 is 2.21 bits per heavy atom. The molecule has 8 heteroatoms. The van der Waals surface area contributed by atoms with E-state index < -0.39 is 6.10 Å². The van der Waals surface area contributed by atoms with Crippen LogP contribution < -0.4 is 9.47 Å². The average Bonchev–Trinajstić information content (AvgIpc) is 3.32. The molecular formula is C26H34N2O5S. The molecule has 2 heterocycles. The van der Waals surface area contributed by atoms with Crippen molar-refractivity contribution in [1.82, 2.24) is 9.80 Å². The van der Waals surface area contributed by atoms with Gasteiger partial charge in [-0.25, -0.2) is 0 Å². The van der Waals surface area contributed by atoms with Crippen LogP contribution in [-0.2, 0) is 16.0 Å². The number of hydrogen-bond donors (Lipinski definition) is 1. The zero-order valence-corrected chi connectivity index (χ0v) is 20.8. The van der Waals surface area contributed by atoms with Gasteiger partial charge in [0.1, 0.15) is 24.7 Å². The lowest BCUT2D eigenvalue weighted by Gasteiger charge is -2.37. The first-order valence-electron chi connectivity index (χ1n) is 11.6. The molecule has 0 saturated heterocycles. The molecule has 1 amide bonds. The van der Waals surface area contributed by atoms with Crippen molar-refractivity contribution >= 4 is 17.2 Å². The van der Waals surface area contributed by atoms with E-state index in [1.165, 1.54) is 4.88 Å². The zero-order valence-electron chi connectivity index (χ0n) is 19.9. The lowest BCUT2D eigenvalue weighted by atomic mass is 10.0.